The summed E-state index contributed by atoms with van der Waals surface area (Å²) in [6.45, 7) is 6.57. The van der Waals surface area contributed by atoms with Crippen LogP contribution in [0.4, 0.5) is 0 Å². The highest BCUT2D eigenvalue weighted by Gasteiger charge is 2.02. The zero-order chi connectivity index (χ0) is 9.14. The topological polar surface area (TPSA) is 0 Å². The van der Waals surface area contributed by atoms with Gasteiger partial charge in [-0.15, -0.1) is 11.6 Å². The largest absolute Gasteiger partial charge is 0.122 e. The average Bonchev–Trinajstić information content (AvgIpc) is 2.03. The zero-order valence-electron chi connectivity index (χ0n) is 7.89. The summed E-state index contributed by atoms with van der Waals surface area (Å²) in [6.07, 6.45) is 0. The van der Waals surface area contributed by atoms with Crippen LogP contribution in [0.3, 0.4) is 0 Å². The first-order chi connectivity index (χ1) is 5.65. The molecule has 1 heteroatoms. The van der Waals surface area contributed by atoms with E-state index >= 15 is 0 Å². The lowest BCUT2D eigenvalue weighted by Gasteiger charge is -2.10. The van der Waals surface area contributed by atoms with E-state index in [1.807, 2.05) is 0 Å². The van der Waals surface area contributed by atoms with Crippen molar-refractivity contribution in [3.05, 3.63) is 34.9 Å². The fourth-order valence-electron chi connectivity index (χ4n) is 1.47. The van der Waals surface area contributed by atoms with Gasteiger partial charge in [0.05, 0.1) is 0 Å². The number of aryl methyl sites for hydroxylation is 1. The normalized spacial score (nSPS) is 10.8. The average molecular weight is 183 g/mol. The fraction of sp³-hybridized carbons (Fsp3) is 0.455. The van der Waals surface area contributed by atoms with Gasteiger partial charge in [0.1, 0.15) is 0 Å². The Balaban J connectivity index is 3.03. The van der Waals surface area contributed by atoms with Gasteiger partial charge in [-0.05, 0) is 29.5 Å². The molecule has 0 amide bonds. The molecule has 0 heterocycles. The van der Waals surface area contributed by atoms with Gasteiger partial charge in [-0.25, -0.2) is 0 Å². The Morgan fingerprint density at radius 2 is 2.00 bits per heavy atom. The highest BCUT2D eigenvalue weighted by atomic mass is 35.5. The third-order valence-electron chi connectivity index (χ3n) is 2.11. The first-order valence-corrected chi connectivity index (χ1v) is 4.84. The van der Waals surface area contributed by atoms with Crippen LogP contribution in [0.25, 0.3) is 0 Å². The molecule has 0 aliphatic heterocycles. The third-order valence-corrected chi connectivity index (χ3v) is 2.42. The van der Waals surface area contributed by atoms with E-state index in [9.17, 15) is 0 Å². The smallest absolute Gasteiger partial charge is 0.0474 e. The summed E-state index contributed by atoms with van der Waals surface area (Å²) in [5.74, 6) is 1.22. The van der Waals surface area contributed by atoms with Gasteiger partial charge in [0.2, 0.25) is 0 Å². The van der Waals surface area contributed by atoms with Crippen molar-refractivity contribution in [2.45, 2.75) is 32.6 Å². The molecular weight excluding hydrogens is 168 g/mol. The molecule has 0 aromatic heterocycles. The molecule has 1 aromatic carbocycles. The predicted molar refractivity (Wildman–Crippen MR) is 54.8 cm³/mol. The third kappa shape index (κ3) is 2.01. The molecule has 0 spiro atoms. The minimum Gasteiger partial charge on any atom is -0.122 e. The molecule has 0 unspecified atom stereocenters. The summed E-state index contributed by atoms with van der Waals surface area (Å²) < 4.78 is 0. The molecule has 0 atom stereocenters. The van der Waals surface area contributed by atoms with Crippen molar-refractivity contribution in [2.75, 3.05) is 0 Å². The molecule has 0 nitrogen and oxygen atoms in total. The van der Waals surface area contributed by atoms with Crippen LogP contribution in [-0.4, -0.2) is 0 Å². The summed E-state index contributed by atoms with van der Waals surface area (Å²) in [6, 6.07) is 6.45. The van der Waals surface area contributed by atoms with Crippen molar-refractivity contribution in [1.29, 1.82) is 0 Å². The van der Waals surface area contributed by atoms with Crippen molar-refractivity contribution >= 4 is 11.6 Å². The maximum atomic E-state index is 5.73. The van der Waals surface area contributed by atoms with Gasteiger partial charge in [-0.2, -0.15) is 0 Å². The second-order valence-electron chi connectivity index (χ2n) is 3.48. The van der Waals surface area contributed by atoms with Crippen molar-refractivity contribution in [3.8, 4) is 0 Å². The van der Waals surface area contributed by atoms with E-state index in [1.165, 1.54) is 16.7 Å². The molecule has 0 radical (unpaired) electrons. The SMILES string of the molecule is Cc1cc(CCl)ccc1C(C)C. The minimum absolute atomic E-state index is 0.606. The van der Waals surface area contributed by atoms with Crippen molar-refractivity contribution in [2.24, 2.45) is 0 Å². The molecule has 0 saturated heterocycles. The molecule has 66 valence electrons. The lowest BCUT2D eigenvalue weighted by molar-refractivity contribution is 0.855. The van der Waals surface area contributed by atoms with E-state index in [4.69, 9.17) is 11.6 Å². The van der Waals surface area contributed by atoms with E-state index in [2.05, 4.69) is 39.0 Å². The fourth-order valence-corrected chi connectivity index (χ4v) is 1.63. The number of rotatable bonds is 2. The van der Waals surface area contributed by atoms with E-state index in [0.29, 0.717) is 11.8 Å². The molecule has 0 N–H and O–H groups in total. The molecule has 1 aromatic rings. The van der Waals surface area contributed by atoms with E-state index in [1.54, 1.807) is 0 Å². The standard InChI is InChI=1S/C11H15Cl/c1-8(2)11-5-4-10(7-12)6-9(11)3/h4-6,8H,7H2,1-3H3. The lowest BCUT2D eigenvalue weighted by atomic mass is 9.97. The maximum Gasteiger partial charge on any atom is 0.0474 e. The van der Waals surface area contributed by atoms with Gasteiger partial charge in [0.25, 0.3) is 0 Å². The van der Waals surface area contributed by atoms with Crippen LogP contribution in [0, 0.1) is 6.92 Å². The number of halogens is 1. The lowest BCUT2D eigenvalue weighted by Crippen LogP contribution is -1.92. The number of alkyl halides is 1. The highest BCUT2D eigenvalue weighted by molar-refractivity contribution is 6.17. The van der Waals surface area contributed by atoms with Crippen LogP contribution in [-0.2, 0) is 5.88 Å². The second-order valence-corrected chi connectivity index (χ2v) is 3.75. The highest BCUT2D eigenvalue weighted by Crippen LogP contribution is 2.20. The molecule has 0 fully saturated rings. The number of hydrogen-bond acceptors (Lipinski definition) is 0. The van der Waals surface area contributed by atoms with E-state index in [-0.39, 0.29) is 0 Å². The van der Waals surface area contributed by atoms with Crippen LogP contribution in [0.1, 0.15) is 36.5 Å². The molecule has 12 heavy (non-hydrogen) atoms. The van der Waals surface area contributed by atoms with E-state index in [0.717, 1.165) is 0 Å². The second kappa shape index (κ2) is 3.95. The summed E-state index contributed by atoms with van der Waals surface area (Å²) in [5, 5.41) is 0. The zero-order valence-corrected chi connectivity index (χ0v) is 8.65. The van der Waals surface area contributed by atoms with Gasteiger partial charge < -0.3 is 0 Å². The van der Waals surface area contributed by atoms with E-state index < -0.39 is 0 Å². The Hall–Kier alpha value is -0.490. The molecular formula is C11H15Cl. The van der Waals surface area contributed by atoms with Gasteiger partial charge in [-0.1, -0.05) is 32.0 Å². The molecule has 0 saturated carbocycles. The van der Waals surface area contributed by atoms with Crippen LogP contribution in [0.5, 0.6) is 0 Å². The Labute approximate surface area is 79.6 Å². The van der Waals surface area contributed by atoms with Crippen molar-refractivity contribution in [1.82, 2.24) is 0 Å². The first kappa shape index (κ1) is 9.60. The van der Waals surface area contributed by atoms with Gasteiger partial charge in [-0.3, -0.25) is 0 Å². The van der Waals surface area contributed by atoms with Gasteiger partial charge in [0.15, 0.2) is 0 Å². The summed E-state index contributed by atoms with van der Waals surface area (Å²) in [5.41, 5.74) is 3.98. The summed E-state index contributed by atoms with van der Waals surface area (Å²) >= 11 is 5.73. The number of hydrogen-bond donors (Lipinski definition) is 0. The summed E-state index contributed by atoms with van der Waals surface area (Å²) in [4.78, 5) is 0. The number of benzene rings is 1. The molecule has 0 aliphatic rings. The predicted octanol–water partition coefficient (Wildman–Crippen LogP) is 3.86. The van der Waals surface area contributed by atoms with Crippen molar-refractivity contribution in [3.63, 3.8) is 0 Å². The maximum absolute atomic E-state index is 5.73. The van der Waals surface area contributed by atoms with Crippen molar-refractivity contribution < 1.29 is 0 Å². The quantitative estimate of drug-likeness (QED) is 0.610. The van der Waals surface area contributed by atoms with Crippen LogP contribution < -0.4 is 0 Å². The monoisotopic (exact) mass is 182 g/mol. The Kier molecular flexibility index (Phi) is 3.16. The minimum atomic E-state index is 0.606. The first-order valence-electron chi connectivity index (χ1n) is 4.30. The van der Waals surface area contributed by atoms with Gasteiger partial charge in [0, 0.05) is 5.88 Å². The molecule has 0 bridgehead atoms. The summed E-state index contributed by atoms with van der Waals surface area (Å²) in [7, 11) is 0. The Morgan fingerprint density at radius 1 is 1.33 bits per heavy atom. The Morgan fingerprint density at radius 3 is 2.42 bits per heavy atom. The van der Waals surface area contributed by atoms with Crippen LogP contribution in [0.15, 0.2) is 18.2 Å². The van der Waals surface area contributed by atoms with Crippen LogP contribution in [0.2, 0.25) is 0 Å². The molecule has 1 rings (SSSR count). The molecule has 0 aliphatic carbocycles. The van der Waals surface area contributed by atoms with Gasteiger partial charge >= 0.3 is 0 Å². The van der Waals surface area contributed by atoms with Crippen LogP contribution >= 0.6 is 11.6 Å². The Bertz CT molecular complexity index is 264.